The second kappa shape index (κ2) is 7.85. The molecule has 2 aromatic carbocycles. The van der Waals surface area contributed by atoms with Crippen molar-refractivity contribution in [2.45, 2.75) is 78.6 Å². The number of nitrogens with one attached hydrogen (secondary N) is 1. The van der Waals surface area contributed by atoms with Crippen LogP contribution in [0.15, 0.2) is 48.7 Å². The van der Waals surface area contributed by atoms with Crippen LogP contribution in [0.4, 0.5) is 10.7 Å². The molecule has 1 heterocycles. The van der Waals surface area contributed by atoms with E-state index >= 15 is 0 Å². The van der Waals surface area contributed by atoms with E-state index in [2.05, 4.69) is 115 Å². The third kappa shape index (κ3) is 5.31. The molecule has 0 fully saturated rings. The Kier molecular flexibility index (Phi) is 5.90. The Hall–Kier alpha value is -2.13. The molecule has 3 heteroatoms. The van der Waals surface area contributed by atoms with Gasteiger partial charge in [0.15, 0.2) is 0 Å². The van der Waals surface area contributed by atoms with E-state index in [1.54, 1.807) is 11.3 Å². The van der Waals surface area contributed by atoms with E-state index in [1.807, 2.05) is 6.20 Å². The van der Waals surface area contributed by atoms with Crippen LogP contribution in [0.3, 0.4) is 0 Å². The highest BCUT2D eigenvalue weighted by molar-refractivity contribution is 7.19. The van der Waals surface area contributed by atoms with Crippen molar-refractivity contribution >= 4 is 22.0 Å². The van der Waals surface area contributed by atoms with E-state index < -0.39 is 0 Å². The molecule has 0 amide bonds. The van der Waals surface area contributed by atoms with E-state index in [0.717, 1.165) is 15.7 Å². The Morgan fingerprint density at radius 3 is 1.63 bits per heavy atom. The quantitative estimate of drug-likeness (QED) is 0.460. The second-order valence-corrected chi connectivity index (χ2v) is 12.3. The predicted molar refractivity (Wildman–Crippen MR) is 133 cm³/mol. The summed E-state index contributed by atoms with van der Waals surface area (Å²) in [5, 5.41) is 5.72. The van der Waals surface area contributed by atoms with Crippen LogP contribution in [0.1, 0.15) is 79.0 Å². The summed E-state index contributed by atoms with van der Waals surface area (Å²) in [4.78, 5) is 4.67. The molecule has 0 spiro atoms. The molecule has 3 rings (SSSR count). The molecule has 0 aliphatic heterocycles. The number of hydrogen-bond donors (Lipinski definition) is 1. The molecule has 1 aromatic heterocycles. The Morgan fingerprint density at radius 1 is 0.667 bits per heavy atom. The van der Waals surface area contributed by atoms with Crippen molar-refractivity contribution in [1.29, 1.82) is 0 Å². The van der Waals surface area contributed by atoms with E-state index in [-0.39, 0.29) is 16.2 Å². The molecule has 0 saturated heterocycles. The van der Waals surface area contributed by atoms with E-state index in [0.29, 0.717) is 0 Å². The van der Waals surface area contributed by atoms with Gasteiger partial charge in [0.25, 0.3) is 0 Å². The molecule has 0 aliphatic carbocycles. The maximum absolute atomic E-state index is 4.67. The number of anilines is 2. The van der Waals surface area contributed by atoms with Gasteiger partial charge >= 0.3 is 0 Å². The van der Waals surface area contributed by atoms with Crippen molar-refractivity contribution in [3.63, 3.8) is 0 Å². The number of thiazole rings is 1. The SMILES string of the molecule is CC(C)(C)c1ccc(-c2ncc(Nc3cc(C(C)(C)C)cc(C(C)(C)C)c3)s2)cc1. The van der Waals surface area contributed by atoms with Crippen LogP contribution in [-0.2, 0) is 16.2 Å². The van der Waals surface area contributed by atoms with Crippen LogP contribution in [0, 0.1) is 0 Å². The molecule has 160 valence electrons. The zero-order valence-electron chi connectivity index (χ0n) is 20.0. The highest BCUT2D eigenvalue weighted by Crippen LogP contribution is 2.36. The average Bonchev–Trinajstić information content (AvgIpc) is 3.08. The zero-order chi connectivity index (χ0) is 22.3. The fourth-order valence-corrected chi connectivity index (χ4v) is 4.13. The van der Waals surface area contributed by atoms with Crippen molar-refractivity contribution < 1.29 is 0 Å². The summed E-state index contributed by atoms with van der Waals surface area (Å²) >= 11 is 1.70. The zero-order valence-corrected chi connectivity index (χ0v) is 20.8. The fourth-order valence-electron chi connectivity index (χ4n) is 3.29. The number of hydrogen-bond acceptors (Lipinski definition) is 3. The topological polar surface area (TPSA) is 24.9 Å². The van der Waals surface area contributed by atoms with E-state index in [9.17, 15) is 0 Å². The van der Waals surface area contributed by atoms with Gasteiger partial charge in [-0.25, -0.2) is 4.98 Å². The number of nitrogens with zero attached hydrogens (tertiary/aromatic N) is 1. The summed E-state index contributed by atoms with van der Waals surface area (Å²) in [6, 6.07) is 15.7. The first-order valence-corrected chi connectivity index (χ1v) is 11.5. The van der Waals surface area contributed by atoms with Gasteiger partial charge in [-0.15, -0.1) is 0 Å². The molecule has 30 heavy (non-hydrogen) atoms. The minimum Gasteiger partial charge on any atom is -0.346 e. The molecule has 3 aromatic rings. The molecule has 0 atom stereocenters. The number of aromatic nitrogens is 1. The average molecular weight is 421 g/mol. The Labute approximate surface area is 186 Å². The first-order valence-electron chi connectivity index (χ1n) is 10.7. The van der Waals surface area contributed by atoms with Crippen molar-refractivity contribution in [2.24, 2.45) is 0 Å². The van der Waals surface area contributed by atoms with Crippen LogP contribution < -0.4 is 5.32 Å². The lowest BCUT2D eigenvalue weighted by Crippen LogP contribution is -2.16. The molecule has 0 saturated carbocycles. The van der Waals surface area contributed by atoms with Gasteiger partial charge in [-0.2, -0.15) is 0 Å². The van der Waals surface area contributed by atoms with Crippen molar-refractivity contribution in [2.75, 3.05) is 5.32 Å². The highest BCUT2D eigenvalue weighted by Gasteiger charge is 2.21. The highest BCUT2D eigenvalue weighted by atomic mass is 32.1. The van der Waals surface area contributed by atoms with Crippen LogP contribution in [0.5, 0.6) is 0 Å². The lowest BCUT2D eigenvalue weighted by molar-refractivity contribution is 0.569. The van der Waals surface area contributed by atoms with E-state index in [4.69, 9.17) is 0 Å². The molecule has 0 radical (unpaired) electrons. The van der Waals surface area contributed by atoms with Crippen LogP contribution >= 0.6 is 11.3 Å². The Balaban J connectivity index is 1.88. The molecule has 0 bridgehead atoms. The fraction of sp³-hybridized carbons (Fsp3) is 0.444. The first-order chi connectivity index (χ1) is 13.7. The first kappa shape index (κ1) is 22.6. The largest absolute Gasteiger partial charge is 0.346 e. The van der Waals surface area contributed by atoms with E-state index in [1.165, 1.54) is 22.3 Å². The third-order valence-corrected chi connectivity index (χ3v) is 6.40. The van der Waals surface area contributed by atoms with Gasteiger partial charge < -0.3 is 5.32 Å². The lowest BCUT2D eigenvalue weighted by Gasteiger charge is -2.26. The van der Waals surface area contributed by atoms with Crippen LogP contribution in [0.25, 0.3) is 10.6 Å². The summed E-state index contributed by atoms with van der Waals surface area (Å²) < 4.78 is 0. The van der Waals surface area contributed by atoms with Crippen molar-refractivity contribution in [3.8, 4) is 10.6 Å². The van der Waals surface area contributed by atoms with Gasteiger partial charge in [-0.3, -0.25) is 0 Å². The standard InChI is InChI=1S/C27H36N2S/c1-25(2,3)19-12-10-18(11-13-19)24-28-17-23(30-24)29-22-15-20(26(4,5)6)14-21(16-22)27(7,8)9/h10-17,29H,1-9H3. The summed E-state index contributed by atoms with van der Waals surface area (Å²) in [7, 11) is 0. The minimum absolute atomic E-state index is 0.103. The third-order valence-electron chi connectivity index (χ3n) is 5.44. The van der Waals surface area contributed by atoms with Gasteiger partial charge in [0.05, 0.1) is 6.20 Å². The lowest BCUT2D eigenvalue weighted by atomic mass is 9.80. The van der Waals surface area contributed by atoms with Gasteiger partial charge in [0, 0.05) is 11.3 Å². The maximum Gasteiger partial charge on any atom is 0.125 e. The van der Waals surface area contributed by atoms with Crippen molar-refractivity contribution in [1.82, 2.24) is 4.98 Å². The van der Waals surface area contributed by atoms with Crippen LogP contribution in [0.2, 0.25) is 0 Å². The summed E-state index contributed by atoms with van der Waals surface area (Å²) in [6.07, 6.45) is 1.94. The second-order valence-electron chi connectivity index (χ2n) is 11.3. The van der Waals surface area contributed by atoms with Crippen molar-refractivity contribution in [3.05, 3.63) is 65.4 Å². The molecule has 0 aliphatic rings. The summed E-state index contributed by atoms with van der Waals surface area (Å²) in [5.74, 6) is 0. The van der Waals surface area contributed by atoms with Gasteiger partial charge in [-0.05, 0) is 45.1 Å². The minimum atomic E-state index is 0.103. The Morgan fingerprint density at radius 2 is 1.17 bits per heavy atom. The maximum atomic E-state index is 4.67. The smallest absolute Gasteiger partial charge is 0.125 e. The number of benzene rings is 2. The Bertz CT molecular complexity index is 974. The molecular formula is C27H36N2S. The van der Waals surface area contributed by atoms with Crippen LogP contribution in [-0.4, -0.2) is 4.98 Å². The summed E-state index contributed by atoms with van der Waals surface area (Å²) in [5.41, 5.74) is 6.70. The van der Waals surface area contributed by atoms with Gasteiger partial charge in [-0.1, -0.05) is 104 Å². The van der Waals surface area contributed by atoms with Gasteiger partial charge in [0.1, 0.15) is 10.0 Å². The molecular weight excluding hydrogens is 384 g/mol. The predicted octanol–water partition coefficient (Wildman–Crippen LogP) is 8.45. The number of rotatable bonds is 3. The van der Waals surface area contributed by atoms with Gasteiger partial charge in [0.2, 0.25) is 0 Å². The monoisotopic (exact) mass is 420 g/mol. The molecule has 1 N–H and O–H groups in total. The normalized spacial score (nSPS) is 12.8. The molecule has 0 unspecified atom stereocenters. The molecule has 2 nitrogen and oxygen atoms in total. The summed E-state index contributed by atoms with van der Waals surface area (Å²) in [6.45, 7) is 20.3.